The quantitative estimate of drug-likeness (QED) is 0.580. The van der Waals surface area contributed by atoms with Gasteiger partial charge in [-0.2, -0.15) is 0 Å². The molecule has 0 aliphatic carbocycles. The van der Waals surface area contributed by atoms with E-state index in [0.29, 0.717) is 6.61 Å². The summed E-state index contributed by atoms with van der Waals surface area (Å²) in [7, 11) is 1.47. The minimum absolute atomic E-state index is 0.0630. The lowest BCUT2D eigenvalue weighted by molar-refractivity contribution is -0.147. The molecule has 1 heterocycles. The lowest BCUT2D eigenvalue weighted by atomic mass is 9.97. The highest BCUT2D eigenvalue weighted by molar-refractivity contribution is 9.10. The molecule has 0 unspecified atom stereocenters. The van der Waals surface area contributed by atoms with Crippen molar-refractivity contribution < 1.29 is 14.3 Å². The molecule has 4 nitrogen and oxygen atoms in total. The van der Waals surface area contributed by atoms with Gasteiger partial charge in [0.05, 0.1) is 24.1 Å². The van der Waals surface area contributed by atoms with Crippen molar-refractivity contribution in [2.45, 2.75) is 19.3 Å². The third kappa shape index (κ3) is 5.00. The van der Waals surface area contributed by atoms with Gasteiger partial charge in [-0.1, -0.05) is 12.1 Å². The molecule has 1 saturated heterocycles. The van der Waals surface area contributed by atoms with Gasteiger partial charge in [0.1, 0.15) is 5.75 Å². The summed E-state index contributed by atoms with van der Waals surface area (Å²) in [6, 6.07) is 7.89. The maximum Gasteiger partial charge on any atom is 0.308 e. The van der Waals surface area contributed by atoms with Gasteiger partial charge in [-0.15, -0.1) is 0 Å². The highest BCUT2D eigenvalue weighted by Crippen LogP contribution is 2.24. The number of hydrogen-bond acceptors (Lipinski definition) is 4. The molecule has 2 rings (SSSR count). The first-order valence-corrected chi connectivity index (χ1v) is 8.17. The number of halogens is 1. The second-order valence-electron chi connectivity index (χ2n) is 5.27. The van der Waals surface area contributed by atoms with Crippen molar-refractivity contribution in [3.63, 3.8) is 0 Å². The number of para-hydroxylation sites is 1. The van der Waals surface area contributed by atoms with Crippen LogP contribution < -0.4 is 4.74 Å². The fourth-order valence-electron chi connectivity index (χ4n) is 2.59. The number of carbonyl (C=O) groups excluding carboxylic acids is 1. The Bertz CT molecular complexity index is 459. The topological polar surface area (TPSA) is 38.8 Å². The number of rotatable bonds is 6. The summed E-state index contributed by atoms with van der Waals surface area (Å²) < 4.78 is 11.5. The van der Waals surface area contributed by atoms with Crippen LogP contribution in [-0.4, -0.2) is 44.2 Å². The molecule has 116 valence electrons. The molecule has 0 aromatic heterocycles. The van der Waals surface area contributed by atoms with Gasteiger partial charge in [0.15, 0.2) is 0 Å². The van der Waals surface area contributed by atoms with Gasteiger partial charge < -0.3 is 14.4 Å². The van der Waals surface area contributed by atoms with Crippen molar-refractivity contribution in [3.8, 4) is 5.75 Å². The smallest absolute Gasteiger partial charge is 0.308 e. The second kappa shape index (κ2) is 8.39. The number of benzene rings is 1. The van der Waals surface area contributed by atoms with Crippen LogP contribution >= 0.6 is 15.9 Å². The molecule has 0 spiro atoms. The molecule has 1 aromatic rings. The number of methoxy groups -OCH3 is 1. The normalized spacial score (nSPS) is 16.7. The molecular formula is C16H22BrNO3. The summed E-state index contributed by atoms with van der Waals surface area (Å²) in [5.41, 5.74) is 0. The van der Waals surface area contributed by atoms with Crippen molar-refractivity contribution in [2.24, 2.45) is 5.92 Å². The van der Waals surface area contributed by atoms with Crippen molar-refractivity contribution in [3.05, 3.63) is 28.7 Å². The Morgan fingerprint density at radius 1 is 1.33 bits per heavy atom. The lowest BCUT2D eigenvalue weighted by Crippen LogP contribution is -2.37. The standard InChI is InChI=1S/C16H22BrNO3/c1-20-16(19)13-7-10-18(11-8-13)9-4-12-21-15-6-3-2-5-14(15)17/h2-3,5-6,13H,4,7-12H2,1H3. The minimum atomic E-state index is -0.0630. The molecule has 0 amide bonds. The fourth-order valence-corrected chi connectivity index (χ4v) is 2.99. The Morgan fingerprint density at radius 3 is 2.71 bits per heavy atom. The predicted octanol–water partition coefficient (Wildman–Crippen LogP) is 3.10. The van der Waals surface area contributed by atoms with E-state index in [4.69, 9.17) is 9.47 Å². The molecular weight excluding hydrogens is 334 g/mol. The average molecular weight is 356 g/mol. The van der Waals surface area contributed by atoms with E-state index in [-0.39, 0.29) is 11.9 Å². The number of carbonyl (C=O) groups is 1. The van der Waals surface area contributed by atoms with Crippen LogP contribution in [0.15, 0.2) is 28.7 Å². The van der Waals surface area contributed by atoms with E-state index in [9.17, 15) is 4.79 Å². The summed E-state index contributed by atoms with van der Waals surface area (Å²) in [6.07, 6.45) is 2.79. The number of ether oxygens (including phenoxy) is 2. The lowest BCUT2D eigenvalue weighted by Gasteiger charge is -2.30. The van der Waals surface area contributed by atoms with Gasteiger partial charge in [0.25, 0.3) is 0 Å². The largest absolute Gasteiger partial charge is 0.492 e. The molecule has 0 radical (unpaired) electrons. The maximum atomic E-state index is 11.5. The second-order valence-corrected chi connectivity index (χ2v) is 6.13. The first kappa shape index (κ1) is 16.3. The van der Waals surface area contributed by atoms with Gasteiger partial charge in [-0.25, -0.2) is 0 Å². The van der Waals surface area contributed by atoms with E-state index in [0.717, 1.165) is 49.1 Å². The van der Waals surface area contributed by atoms with Crippen LogP contribution in [0.5, 0.6) is 5.75 Å². The number of hydrogen-bond donors (Lipinski definition) is 0. The first-order valence-electron chi connectivity index (χ1n) is 7.38. The third-order valence-corrected chi connectivity index (χ3v) is 4.49. The van der Waals surface area contributed by atoms with Crippen molar-refractivity contribution >= 4 is 21.9 Å². The van der Waals surface area contributed by atoms with Gasteiger partial charge in [0.2, 0.25) is 0 Å². The Labute approximate surface area is 134 Å². The van der Waals surface area contributed by atoms with Crippen molar-refractivity contribution in [2.75, 3.05) is 33.4 Å². The monoisotopic (exact) mass is 355 g/mol. The van der Waals surface area contributed by atoms with Gasteiger partial charge in [0, 0.05) is 6.54 Å². The summed E-state index contributed by atoms with van der Waals surface area (Å²) in [4.78, 5) is 13.8. The number of likely N-dealkylation sites (tertiary alicyclic amines) is 1. The van der Waals surface area contributed by atoms with E-state index < -0.39 is 0 Å². The van der Waals surface area contributed by atoms with Gasteiger partial charge >= 0.3 is 5.97 Å². The number of piperidine rings is 1. The van der Waals surface area contributed by atoms with E-state index >= 15 is 0 Å². The molecule has 1 aromatic carbocycles. The van der Waals surface area contributed by atoms with Crippen molar-refractivity contribution in [1.82, 2.24) is 4.90 Å². The molecule has 21 heavy (non-hydrogen) atoms. The summed E-state index contributed by atoms with van der Waals surface area (Å²) >= 11 is 3.47. The van der Waals surface area contributed by atoms with Crippen LogP contribution in [0, 0.1) is 5.92 Å². The molecule has 0 bridgehead atoms. The van der Waals surface area contributed by atoms with Gasteiger partial charge in [-0.05, 0) is 60.4 Å². The summed E-state index contributed by atoms with van der Waals surface area (Å²) in [5.74, 6) is 0.914. The fraction of sp³-hybridized carbons (Fsp3) is 0.562. The SMILES string of the molecule is COC(=O)C1CCN(CCCOc2ccccc2Br)CC1. The Hall–Kier alpha value is -1.07. The van der Waals surface area contributed by atoms with E-state index in [2.05, 4.69) is 20.8 Å². The van der Waals surface area contributed by atoms with Crippen molar-refractivity contribution in [1.29, 1.82) is 0 Å². The van der Waals surface area contributed by atoms with Crippen LogP contribution in [0.25, 0.3) is 0 Å². The Balaban J connectivity index is 1.62. The highest BCUT2D eigenvalue weighted by Gasteiger charge is 2.25. The van der Waals surface area contributed by atoms with E-state index in [1.54, 1.807) is 0 Å². The van der Waals surface area contributed by atoms with Crippen LogP contribution in [-0.2, 0) is 9.53 Å². The maximum absolute atomic E-state index is 11.5. The molecule has 0 N–H and O–H groups in total. The molecule has 0 saturated carbocycles. The van der Waals surface area contributed by atoms with E-state index in [1.165, 1.54) is 7.11 Å². The van der Waals surface area contributed by atoms with Crippen LogP contribution in [0.3, 0.4) is 0 Å². The number of nitrogens with zero attached hydrogens (tertiary/aromatic N) is 1. The zero-order chi connectivity index (χ0) is 15.1. The van der Waals surface area contributed by atoms with E-state index in [1.807, 2.05) is 24.3 Å². The zero-order valence-electron chi connectivity index (χ0n) is 12.4. The summed E-state index contributed by atoms with van der Waals surface area (Å²) in [6.45, 7) is 3.65. The average Bonchev–Trinajstić information content (AvgIpc) is 2.53. The third-order valence-electron chi connectivity index (χ3n) is 3.83. The summed E-state index contributed by atoms with van der Waals surface area (Å²) in [5, 5.41) is 0. The zero-order valence-corrected chi connectivity index (χ0v) is 14.0. The molecule has 1 aliphatic rings. The number of esters is 1. The predicted molar refractivity (Wildman–Crippen MR) is 85.4 cm³/mol. The molecule has 1 fully saturated rings. The minimum Gasteiger partial charge on any atom is -0.492 e. The highest BCUT2D eigenvalue weighted by atomic mass is 79.9. The van der Waals surface area contributed by atoms with Gasteiger partial charge in [-0.3, -0.25) is 4.79 Å². The Kier molecular flexibility index (Phi) is 6.51. The first-order chi connectivity index (χ1) is 10.2. The molecule has 0 atom stereocenters. The van der Waals surface area contributed by atoms with Crippen LogP contribution in [0.1, 0.15) is 19.3 Å². The van der Waals surface area contributed by atoms with Crippen LogP contribution in [0.2, 0.25) is 0 Å². The van der Waals surface area contributed by atoms with Crippen LogP contribution in [0.4, 0.5) is 0 Å². The molecule has 5 heteroatoms. The molecule has 1 aliphatic heterocycles. The Morgan fingerprint density at radius 2 is 2.05 bits per heavy atom.